The van der Waals surface area contributed by atoms with Crippen molar-refractivity contribution < 1.29 is 4.42 Å². The van der Waals surface area contributed by atoms with Gasteiger partial charge in [0.25, 0.3) is 0 Å². The van der Waals surface area contributed by atoms with Gasteiger partial charge in [-0.15, -0.1) is 10.2 Å². The highest BCUT2D eigenvalue weighted by Crippen LogP contribution is 2.20. The molecule has 1 N–H and O–H groups in total. The van der Waals surface area contributed by atoms with E-state index in [0.717, 1.165) is 12.3 Å². The Hall–Kier alpha value is -0.900. The first kappa shape index (κ1) is 11.2. The van der Waals surface area contributed by atoms with Crippen LogP contribution in [0.15, 0.2) is 4.42 Å². The highest BCUT2D eigenvalue weighted by Gasteiger charge is 2.17. The zero-order valence-electron chi connectivity index (χ0n) is 9.59. The van der Waals surface area contributed by atoms with E-state index in [1.807, 2.05) is 14.0 Å². The molecule has 0 bridgehead atoms. The summed E-state index contributed by atoms with van der Waals surface area (Å²) < 4.78 is 5.53. The van der Waals surface area contributed by atoms with E-state index >= 15 is 0 Å². The lowest BCUT2D eigenvalue weighted by Gasteiger charge is -2.14. The van der Waals surface area contributed by atoms with E-state index in [4.69, 9.17) is 4.42 Å². The smallest absolute Gasteiger partial charge is 0.233 e. The van der Waals surface area contributed by atoms with Crippen LogP contribution in [0.25, 0.3) is 0 Å². The maximum absolute atomic E-state index is 5.53. The van der Waals surface area contributed by atoms with Gasteiger partial charge in [0.2, 0.25) is 11.8 Å². The molecule has 1 aromatic heterocycles. The van der Waals surface area contributed by atoms with Crippen LogP contribution in [0.3, 0.4) is 0 Å². The maximum atomic E-state index is 5.53. The van der Waals surface area contributed by atoms with Gasteiger partial charge >= 0.3 is 0 Å². The van der Waals surface area contributed by atoms with Crippen molar-refractivity contribution in [3.8, 4) is 0 Å². The molecule has 0 amide bonds. The molecule has 80 valence electrons. The largest absolute Gasteiger partial charge is 0.424 e. The van der Waals surface area contributed by atoms with Crippen molar-refractivity contribution in [1.29, 1.82) is 0 Å². The Morgan fingerprint density at radius 3 is 2.50 bits per heavy atom. The molecule has 0 saturated heterocycles. The topological polar surface area (TPSA) is 51.0 Å². The summed E-state index contributed by atoms with van der Waals surface area (Å²) in [4.78, 5) is 0. The molecule has 4 heteroatoms. The van der Waals surface area contributed by atoms with Crippen LogP contribution in [0.2, 0.25) is 0 Å². The van der Waals surface area contributed by atoms with E-state index in [1.165, 1.54) is 0 Å². The third kappa shape index (κ3) is 3.10. The van der Waals surface area contributed by atoms with Gasteiger partial charge in [-0.3, -0.25) is 0 Å². The highest BCUT2D eigenvalue weighted by molar-refractivity contribution is 4.89. The molecule has 0 aliphatic rings. The lowest BCUT2D eigenvalue weighted by atomic mass is 9.92. The van der Waals surface area contributed by atoms with Crippen molar-refractivity contribution in [2.24, 2.45) is 5.41 Å². The van der Waals surface area contributed by atoms with Gasteiger partial charge in [-0.05, 0) is 19.4 Å². The molecule has 14 heavy (non-hydrogen) atoms. The molecule has 0 radical (unpaired) electrons. The zero-order valence-corrected chi connectivity index (χ0v) is 9.59. The minimum absolute atomic E-state index is 0.121. The molecule has 0 aliphatic heterocycles. The second-order valence-electron chi connectivity index (χ2n) is 4.78. The fourth-order valence-corrected chi connectivity index (χ4v) is 1.09. The minimum Gasteiger partial charge on any atom is -0.424 e. The fourth-order valence-electron chi connectivity index (χ4n) is 1.09. The summed E-state index contributed by atoms with van der Waals surface area (Å²) in [5.74, 6) is 1.38. The fraction of sp³-hybridized carbons (Fsp3) is 0.800. The van der Waals surface area contributed by atoms with Gasteiger partial charge in [-0.1, -0.05) is 20.8 Å². The molecule has 0 fully saturated rings. The Labute approximate surface area is 85.1 Å². The Kier molecular flexibility index (Phi) is 3.26. The quantitative estimate of drug-likeness (QED) is 0.804. The molecule has 1 unspecified atom stereocenters. The molecule has 4 nitrogen and oxygen atoms in total. The van der Waals surface area contributed by atoms with E-state index in [-0.39, 0.29) is 11.5 Å². The molecular formula is C10H19N3O. The second kappa shape index (κ2) is 4.09. The van der Waals surface area contributed by atoms with Gasteiger partial charge < -0.3 is 9.73 Å². The van der Waals surface area contributed by atoms with Crippen LogP contribution in [0.4, 0.5) is 0 Å². The van der Waals surface area contributed by atoms with Crippen LogP contribution in [-0.2, 0) is 6.42 Å². The van der Waals surface area contributed by atoms with Crippen LogP contribution in [0, 0.1) is 5.41 Å². The van der Waals surface area contributed by atoms with Crippen LogP contribution < -0.4 is 5.32 Å². The van der Waals surface area contributed by atoms with Gasteiger partial charge in [-0.25, -0.2) is 0 Å². The predicted octanol–water partition coefficient (Wildman–Crippen LogP) is 1.94. The van der Waals surface area contributed by atoms with Crippen LogP contribution in [0.1, 0.15) is 45.5 Å². The van der Waals surface area contributed by atoms with E-state index in [9.17, 15) is 0 Å². The molecule has 1 rings (SSSR count). The summed E-state index contributed by atoms with van der Waals surface area (Å²) in [6.07, 6.45) is 0.816. The van der Waals surface area contributed by atoms with E-state index in [0.29, 0.717) is 5.89 Å². The first-order valence-electron chi connectivity index (χ1n) is 4.92. The molecule has 0 saturated carbocycles. The summed E-state index contributed by atoms with van der Waals surface area (Å²) in [6, 6.07) is 0.121. The number of rotatable bonds is 3. The minimum atomic E-state index is 0.121. The number of nitrogens with one attached hydrogen (secondary N) is 1. The molecule has 1 aromatic rings. The summed E-state index contributed by atoms with van der Waals surface area (Å²) in [7, 11) is 1.87. The monoisotopic (exact) mass is 197 g/mol. The van der Waals surface area contributed by atoms with E-state index < -0.39 is 0 Å². The van der Waals surface area contributed by atoms with E-state index in [2.05, 4.69) is 36.3 Å². The lowest BCUT2D eigenvalue weighted by Crippen LogP contribution is -2.12. The number of hydrogen-bond acceptors (Lipinski definition) is 4. The van der Waals surface area contributed by atoms with Crippen molar-refractivity contribution in [2.75, 3.05) is 7.05 Å². The standard InChI is InChI=1S/C10H19N3O/c1-7(11-5)9-13-12-8(14-9)6-10(2,3)4/h7,11H,6H2,1-5H3. The predicted molar refractivity (Wildman–Crippen MR) is 54.9 cm³/mol. The Morgan fingerprint density at radius 2 is 2.00 bits per heavy atom. The van der Waals surface area contributed by atoms with Gasteiger partial charge in [0, 0.05) is 6.42 Å². The van der Waals surface area contributed by atoms with Crippen molar-refractivity contribution in [3.63, 3.8) is 0 Å². The first-order valence-corrected chi connectivity index (χ1v) is 4.92. The van der Waals surface area contributed by atoms with Gasteiger partial charge in [0.1, 0.15) is 0 Å². The Balaban J connectivity index is 2.69. The Morgan fingerprint density at radius 1 is 1.36 bits per heavy atom. The number of nitrogens with zero attached hydrogens (tertiary/aromatic N) is 2. The van der Waals surface area contributed by atoms with Crippen molar-refractivity contribution in [1.82, 2.24) is 15.5 Å². The molecule has 1 heterocycles. The summed E-state index contributed by atoms with van der Waals surface area (Å²) >= 11 is 0. The molecule has 0 aromatic carbocycles. The van der Waals surface area contributed by atoms with Crippen LogP contribution in [-0.4, -0.2) is 17.2 Å². The van der Waals surface area contributed by atoms with Crippen molar-refractivity contribution in [2.45, 2.75) is 40.2 Å². The molecule has 1 atom stereocenters. The molecular weight excluding hydrogens is 178 g/mol. The third-order valence-corrected chi connectivity index (χ3v) is 1.97. The average Bonchev–Trinajstić information content (AvgIpc) is 2.48. The zero-order chi connectivity index (χ0) is 10.8. The number of aromatic nitrogens is 2. The molecule has 0 spiro atoms. The number of hydrogen-bond donors (Lipinski definition) is 1. The van der Waals surface area contributed by atoms with Crippen molar-refractivity contribution >= 4 is 0 Å². The summed E-state index contributed by atoms with van der Waals surface area (Å²) in [5, 5.41) is 11.1. The Bertz CT molecular complexity index is 288. The average molecular weight is 197 g/mol. The SMILES string of the molecule is CNC(C)c1nnc(CC(C)(C)C)o1. The maximum Gasteiger partial charge on any atom is 0.233 e. The first-order chi connectivity index (χ1) is 6.42. The lowest BCUT2D eigenvalue weighted by molar-refractivity contribution is 0.334. The van der Waals surface area contributed by atoms with Gasteiger partial charge in [0.05, 0.1) is 6.04 Å². The van der Waals surface area contributed by atoms with Crippen LogP contribution in [0.5, 0.6) is 0 Å². The summed E-state index contributed by atoms with van der Waals surface area (Å²) in [6.45, 7) is 8.45. The summed E-state index contributed by atoms with van der Waals surface area (Å²) in [5.41, 5.74) is 0.187. The van der Waals surface area contributed by atoms with E-state index in [1.54, 1.807) is 0 Å². The van der Waals surface area contributed by atoms with Crippen LogP contribution >= 0.6 is 0 Å². The van der Waals surface area contributed by atoms with Gasteiger partial charge in [0.15, 0.2) is 0 Å². The van der Waals surface area contributed by atoms with Crippen molar-refractivity contribution in [3.05, 3.63) is 11.8 Å². The second-order valence-corrected chi connectivity index (χ2v) is 4.78. The normalized spacial score (nSPS) is 14.4. The molecule has 0 aliphatic carbocycles. The highest BCUT2D eigenvalue weighted by atomic mass is 16.4. The van der Waals surface area contributed by atoms with Gasteiger partial charge in [-0.2, -0.15) is 0 Å². The third-order valence-electron chi connectivity index (χ3n) is 1.97.